The van der Waals surface area contributed by atoms with Crippen LogP contribution in [0.3, 0.4) is 0 Å². The molecule has 0 fully saturated rings. The molecule has 4 heteroatoms. The van der Waals surface area contributed by atoms with E-state index in [2.05, 4.69) is 0 Å². The minimum atomic E-state index is -1.05. The maximum absolute atomic E-state index is 11.3. The monoisotopic (exact) mass is 250 g/mol. The average molecular weight is 250 g/mol. The van der Waals surface area contributed by atoms with Gasteiger partial charge in [-0.15, -0.1) is 0 Å². The Morgan fingerprint density at radius 3 is 1.50 bits per heavy atom. The van der Waals surface area contributed by atoms with Gasteiger partial charge < -0.3 is 10.2 Å². The maximum atomic E-state index is 11.3. The second-order valence-corrected chi connectivity index (χ2v) is 4.09. The molecular weight excluding hydrogens is 232 g/mol. The molecule has 0 aromatic heterocycles. The maximum Gasteiger partial charge on any atom is 0.336 e. The van der Waals surface area contributed by atoms with Gasteiger partial charge in [-0.05, 0) is 36.0 Å². The lowest BCUT2D eigenvalue weighted by molar-refractivity contribution is 0.0694. The Kier molecular flexibility index (Phi) is 4.48. The van der Waals surface area contributed by atoms with E-state index in [9.17, 15) is 19.8 Å². The summed E-state index contributed by atoms with van der Waals surface area (Å²) in [4.78, 5) is 22.7. The molecule has 0 unspecified atom stereocenters. The number of rotatable bonds is 5. The van der Waals surface area contributed by atoms with Gasteiger partial charge in [0.2, 0.25) is 0 Å². The third-order valence-electron chi connectivity index (χ3n) is 3.14. The highest BCUT2D eigenvalue weighted by Gasteiger charge is 2.23. The molecule has 0 aliphatic rings. The average Bonchev–Trinajstić information content (AvgIpc) is 2.35. The molecule has 98 valence electrons. The second kappa shape index (κ2) is 5.67. The van der Waals surface area contributed by atoms with Crippen LogP contribution in [0.15, 0.2) is 6.07 Å². The number of hydrogen-bond donors (Lipinski definition) is 2. The van der Waals surface area contributed by atoms with E-state index in [-0.39, 0.29) is 11.1 Å². The van der Waals surface area contributed by atoms with Crippen molar-refractivity contribution < 1.29 is 19.8 Å². The van der Waals surface area contributed by atoms with Crippen molar-refractivity contribution in [2.45, 2.75) is 40.0 Å². The molecule has 0 saturated carbocycles. The Morgan fingerprint density at radius 2 is 1.28 bits per heavy atom. The highest BCUT2D eigenvalue weighted by atomic mass is 16.4. The molecule has 0 atom stereocenters. The van der Waals surface area contributed by atoms with Gasteiger partial charge in [0.1, 0.15) is 0 Å². The molecule has 0 saturated heterocycles. The van der Waals surface area contributed by atoms with Crippen LogP contribution in [0.4, 0.5) is 0 Å². The summed E-state index contributed by atoms with van der Waals surface area (Å²) < 4.78 is 0. The van der Waals surface area contributed by atoms with E-state index in [0.717, 1.165) is 0 Å². The molecule has 0 heterocycles. The van der Waals surface area contributed by atoms with Gasteiger partial charge in [0.05, 0.1) is 11.1 Å². The summed E-state index contributed by atoms with van der Waals surface area (Å²) >= 11 is 0. The minimum Gasteiger partial charge on any atom is -0.478 e. The molecule has 0 aliphatic carbocycles. The van der Waals surface area contributed by atoms with Crippen molar-refractivity contribution in [1.82, 2.24) is 0 Å². The highest BCUT2D eigenvalue weighted by Crippen LogP contribution is 2.25. The molecule has 0 radical (unpaired) electrons. The van der Waals surface area contributed by atoms with E-state index in [1.54, 1.807) is 13.0 Å². The fourth-order valence-electron chi connectivity index (χ4n) is 2.31. The summed E-state index contributed by atoms with van der Waals surface area (Å²) in [5.41, 5.74) is 2.18. The molecule has 18 heavy (non-hydrogen) atoms. The van der Waals surface area contributed by atoms with Crippen molar-refractivity contribution in [2.24, 2.45) is 0 Å². The van der Waals surface area contributed by atoms with Crippen LogP contribution in [0.5, 0.6) is 0 Å². The fraction of sp³-hybridized carbons (Fsp3) is 0.429. The summed E-state index contributed by atoms with van der Waals surface area (Å²) in [5.74, 6) is -2.09. The van der Waals surface area contributed by atoms with Crippen LogP contribution >= 0.6 is 0 Å². The van der Waals surface area contributed by atoms with Crippen molar-refractivity contribution in [2.75, 3.05) is 0 Å². The first-order chi connectivity index (χ1) is 8.47. The van der Waals surface area contributed by atoms with Gasteiger partial charge in [-0.25, -0.2) is 9.59 Å². The first-order valence-electron chi connectivity index (χ1n) is 6.11. The first-order valence-corrected chi connectivity index (χ1v) is 6.11. The summed E-state index contributed by atoms with van der Waals surface area (Å²) in [6.07, 6.45) is 1.58. The van der Waals surface area contributed by atoms with E-state index in [0.29, 0.717) is 36.0 Å². The van der Waals surface area contributed by atoms with E-state index < -0.39 is 11.9 Å². The molecular formula is C14H18O4. The van der Waals surface area contributed by atoms with E-state index in [4.69, 9.17) is 0 Å². The first kappa shape index (κ1) is 14.2. The molecule has 1 aromatic carbocycles. The van der Waals surface area contributed by atoms with Crippen LogP contribution in [0.2, 0.25) is 0 Å². The third kappa shape index (κ3) is 2.37. The van der Waals surface area contributed by atoms with Crippen LogP contribution < -0.4 is 0 Å². The second-order valence-electron chi connectivity index (χ2n) is 4.09. The lowest BCUT2D eigenvalue weighted by atomic mass is 9.88. The lowest BCUT2D eigenvalue weighted by Crippen LogP contribution is -2.15. The third-order valence-corrected chi connectivity index (χ3v) is 3.14. The molecule has 1 rings (SSSR count). The number of hydrogen-bond acceptors (Lipinski definition) is 2. The number of carboxylic acid groups (broad SMARTS) is 2. The van der Waals surface area contributed by atoms with Gasteiger partial charge in [-0.1, -0.05) is 26.8 Å². The zero-order valence-electron chi connectivity index (χ0n) is 10.9. The Hall–Kier alpha value is -1.84. The van der Waals surface area contributed by atoms with Crippen molar-refractivity contribution in [3.05, 3.63) is 33.9 Å². The molecule has 2 N–H and O–H groups in total. The smallest absolute Gasteiger partial charge is 0.336 e. The number of aromatic carboxylic acids is 2. The van der Waals surface area contributed by atoms with Crippen molar-refractivity contribution >= 4 is 11.9 Å². The van der Waals surface area contributed by atoms with E-state index >= 15 is 0 Å². The normalized spacial score (nSPS) is 10.4. The topological polar surface area (TPSA) is 74.6 Å². The van der Waals surface area contributed by atoms with Crippen molar-refractivity contribution in [3.63, 3.8) is 0 Å². The summed E-state index contributed by atoms with van der Waals surface area (Å²) in [6.45, 7) is 5.54. The van der Waals surface area contributed by atoms with Gasteiger partial charge in [0.25, 0.3) is 0 Å². The van der Waals surface area contributed by atoms with E-state index in [1.165, 1.54) is 0 Å². The quantitative estimate of drug-likeness (QED) is 0.842. The van der Waals surface area contributed by atoms with Crippen LogP contribution in [-0.2, 0) is 19.3 Å². The van der Waals surface area contributed by atoms with Crippen molar-refractivity contribution in [1.29, 1.82) is 0 Å². The predicted molar refractivity (Wildman–Crippen MR) is 68.5 cm³/mol. The zero-order chi connectivity index (χ0) is 13.9. The Balaban J connectivity index is 3.75. The van der Waals surface area contributed by atoms with Gasteiger partial charge in [-0.3, -0.25) is 0 Å². The molecule has 0 spiro atoms. The highest BCUT2D eigenvalue weighted by molar-refractivity contribution is 5.99. The zero-order valence-corrected chi connectivity index (χ0v) is 10.9. The molecule has 4 nitrogen and oxygen atoms in total. The van der Waals surface area contributed by atoms with Gasteiger partial charge in [-0.2, -0.15) is 0 Å². The SMILES string of the molecule is CCc1cc(CC)c(C(=O)O)c(CC)c1C(=O)O. The number of carbonyl (C=O) groups is 2. The Morgan fingerprint density at radius 1 is 0.889 bits per heavy atom. The number of carboxylic acids is 2. The van der Waals surface area contributed by atoms with Gasteiger partial charge in [0, 0.05) is 0 Å². The van der Waals surface area contributed by atoms with Gasteiger partial charge in [0.15, 0.2) is 0 Å². The van der Waals surface area contributed by atoms with Crippen LogP contribution in [0.1, 0.15) is 58.2 Å². The minimum absolute atomic E-state index is 0.162. The van der Waals surface area contributed by atoms with Crippen molar-refractivity contribution in [3.8, 4) is 0 Å². The summed E-state index contributed by atoms with van der Waals surface area (Å²) in [7, 11) is 0. The fourth-order valence-corrected chi connectivity index (χ4v) is 2.31. The Bertz CT molecular complexity index is 449. The summed E-state index contributed by atoms with van der Waals surface area (Å²) in [5, 5.41) is 18.6. The molecule has 0 amide bonds. The molecule has 0 bridgehead atoms. The number of aryl methyl sites for hydroxylation is 2. The lowest BCUT2D eigenvalue weighted by Gasteiger charge is -2.16. The van der Waals surface area contributed by atoms with Crippen LogP contribution in [0.25, 0.3) is 0 Å². The van der Waals surface area contributed by atoms with E-state index in [1.807, 2.05) is 13.8 Å². The molecule has 1 aromatic rings. The van der Waals surface area contributed by atoms with Gasteiger partial charge >= 0.3 is 11.9 Å². The Labute approximate surface area is 106 Å². The molecule has 0 aliphatic heterocycles. The van der Waals surface area contributed by atoms with Crippen LogP contribution in [0, 0.1) is 0 Å². The summed E-state index contributed by atoms with van der Waals surface area (Å²) in [6, 6.07) is 1.71. The predicted octanol–water partition coefficient (Wildman–Crippen LogP) is 2.77. The largest absolute Gasteiger partial charge is 0.478 e. The number of benzene rings is 1. The van der Waals surface area contributed by atoms with Crippen LogP contribution in [-0.4, -0.2) is 22.2 Å². The standard InChI is InChI=1S/C14H18O4/c1-4-8-7-9(5-2)12(14(17)18)10(6-3)11(8)13(15)16/h7H,4-6H2,1-3H3,(H,15,16)(H,17,18).